The van der Waals surface area contributed by atoms with Crippen molar-refractivity contribution in [3.05, 3.63) is 29.7 Å². The Balaban J connectivity index is 1.51. The second-order valence-electron chi connectivity index (χ2n) is 7.85. The first kappa shape index (κ1) is 19.7. The van der Waals surface area contributed by atoms with Crippen LogP contribution in [0, 0.1) is 0 Å². The number of anilines is 2. The molecular formula is C21H23N7O2S. The molecule has 0 saturated carbocycles. The van der Waals surface area contributed by atoms with E-state index >= 15 is 0 Å². The van der Waals surface area contributed by atoms with Crippen LogP contribution in [0.2, 0.25) is 0 Å². The minimum absolute atomic E-state index is 0.000575. The minimum Gasteiger partial charge on any atom is -0.489 e. The van der Waals surface area contributed by atoms with Crippen LogP contribution in [0.4, 0.5) is 11.5 Å². The lowest BCUT2D eigenvalue weighted by Gasteiger charge is -2.25. The quantitative estimate of drug-likeness (QED) is 0.483. The van der Waals surface area contributed by atoms with E-state index in [2.05, 4.69) is 30.5 Å². The molecule has 0 unspecified atom stereocenters. The molecule has 1 aliphatic heterocycles. The van der Waals surface area contributed by atoms with Gasteiger partial charge in [0.1, 0.15) is 22.4 Å². The number of hydrogen-bond acceptors (Lipinski definition) is 8. The second kappa shape index (κ2) is 8.10. The molecule has 0 aliphatic carbocycles. The molecule has 9 nitrogen and oxygen atoms in total. The summed E-state index contributed by atoms with van der Waals surface area (Å²) in [5.41, 5.74) is 2.22. The molecule has 5 rings (SSSR count). The van der Waals surface area contributed by atoms with Crippen molar-refractivity contribution in [3.63, 3.8) is 0 Å². The summed E-state index contributed by atoms with van der Waals surface area (Å²) in [6.45, 7) is 5.52. The summed E-state index contributed by atoms with van der Waals surface area (Å²) in [5.74, 6) is 1.19. The smallest absolute Gasteiger partial charge is 0.282 e. The van der Waals surface area contributed by atoms with Crippen LogP contribution in [0.1, 0.15) is 42.9 Å². The highest BCUT2D eigenvalue weighted by Gasteiger charge is 2.23. The molecule has 2 N–H and O–H groups in total. The van der Waals surface area contributed by atoms with E-state index in [4.69, 9.17) is 4.74 Å². The Hall–Kier alpha value is -3.27. The zero-order chi connectivity index (χ0) is 21.4. The summed E-state index contributed by atoms with van der Waals surface area (Å²) in [6, 6.07) is 3.87. The van der Waals surface area contributed by atoms with Crippen LogP contribution in [0.15, 0.2) is 24.7 Å². The summed E-state index contributed by atoms with van der Waals surface area (Å²) >= 11 is 1.30. The van der Waals surface area contributed by atoms with Gasteiger partial charge in [-0.3, -0.25) is 9.89 Å². The fourth-order valence-electron chi connectivity index (χ4n) is 3.72. The van der Waals surface area contributed by atoms with Crippen LogP contribution in [0.5, 0.6) is 5.75 Å². The number of H-pyrrole nitrogens is 1. The number of carbonyl (C=O) groups excluding carboxylic acids is 1. The van der Waals surface area contributed by atoms with Crippen LogP contribution in [-0.4, -0.2) is 55.1 Å². The highest BCUT2D eigenvalue weighted by molar-refractivity contribution is 7.19. The van der Waals surface area contributed by atoms with Gasteiger partial charge in [-0.25, -0.2) is 15.0 Å². The summed E-state index contributed by atoms with van der Waals surface area (Å²) in [4.78, 5) is 28.8. The van der Waals surface area contributed by atoms with E-state index in [0.29, 0.717) is 26.9 Å². The van der Waals surface area contributed by atoms with E-state index in [1.807, 2.05) is 30.9 Å². The number of amides is 1. The molecule has 0 spiro atoms. The molecule has 0 bridgehead atoms. The molecule has 1 fully saturated rings. The highest BCUT2D eigenvalue weighted by Crippen LogP contribution is 2.34. The molecular weight excluding hydrogens is 414 g/mol. The number of aromatic nitrogens is 5. The first-order chi connectivity index (χ1) is 15.1. The molecule has 1 amide bonds. The van der Waals surface area contributed by atoms with Gasteiger partial charge in [-0.2, -0.15) is 5.10 Å². The van der Waals surface area contributed by atoms with E-state index in [0.717, 1.165) is 42.5 Å². The number of hydrogen-bond donors (Lipinski definition) is 2. The largest absolute Gasteiger partial charge is 0.489 e. The van der Waals surface area contributed by atoms with Crippen molar-refractivity contribution in [2.24, 2.45) is 0 Å². The second-order valence-corrected chi connectivity index (χ2v) is 8.82. The zero-order valence-corrected chi connectivity index (χ0v) is 18.2. The van der Waals surface area contributed by atoms with Gasteiger partial charge in [0.25, 0.3) is 5.91 Å². The Morgan fingerprint density at radius 1 is 1.23 bits per heavy atom. The molecule has 31 heavy (non-hydrogen) atoms. The van der Waals surface area contributed by atoms with Gasteiger partial charge in [0.15, 0.2) is 10.8 Å². The van der Waals surface area contributed by atoms with Crippen molar-refractivity contribution in [2.75, 3.05) is 18.4 Å². The first-order valence-corrected chi connectivity index (χ1v) is 11.2. The van der Waals surface area contributed by atoms with Crippen molar-refractivity contribution < 1.29 is 9.53 Å². The maximum absolute atomic E-state index is 12.9. The molecule has 1 aromatic carbocycles. The van der Waals surface area contributed by atoms with Gasteiger partial charge in [-0.1, -0.05) is 11.3 Å². The highest BCUT2D eigenvalue weighted by atomic mass is 32.1. The van der Waals surface area contributed by atoms with E-state index < -0.39 is 0 Å². The van der Waals surface area contributed by atoms with E-state index in [1.54, 1.807) is 6.20 Å². The number of thiazole rings is 1. The monoisotopic (exact) mass is 437 g/mol. The fraction of sp³-hybridized carbons (Fsp3) is 0.381. The van der Waals surface area contributed by atoms with Gasteiger partial charge in [0.05, 0.1) is 23.5 Å². The molecule has 4 aromatic rings. The molecule has 1 saturated heterocycles. The Kier molecular flexibility index (Phi) is 5.14. The number of fused-ring (bicyclic) bond motifs is 2. The van der Waals surface area contributed by atoms with Gasteiger partial charge in [0, 0.05) is 24.5 Å². The molecule has 1 aliphatic rings. The first-order valence-electron chi connectivity index (χ1n) is 10.4. The zero-order valence-electron chi connectivity index (χ0n) is 17.4. The number of ether oxygens (including phenoxy) is 1. The number of rotatable bonds is 5. The third kappa shape index (κ3) is 3.90. The lowest BCUT2D eigenvalue weighted by atomic mass is 10.1. The SMILES string of the molecule is CC(C)Oc1cc2[nH]ncc2cc1Nc1ncnc2sc(C(=O)N3CCCCC3)nc12. The van der Waals surface area contributed by atoms with Gasteiger partial charge < -0.3 is 15.0 Å². The number of likely N-dealkylation sites (tertiary alicyclic amines) is 1. The number of carbonyl (C=O) groups is 1. The summed E-state index contributed by atoms with van der Waals surface area (Å²) < 4.78 is 6.00. The lowest BCUT2D eigenvalue weighted by Crippen LogP contribution is -2.35. The maximum Gasteiger partial charge on any atom is 0.282 e. The molecule has 10 heteroatoms. The van der Waals surface area contributed by atoms with Gasteiger partial charge in [-0.15, -0.1) is 0 Å². The van der Waals surface area contributed by atoms with Crippen molar-refractivity contribution in [1.82, 2.24) is 30.0 Å². The average Bonchev–Trinajstić information content (AvgIpc) is 3.40. The Morgan fingerprint density at radius 2 is 2.06 bits per heavy atom. The fourth-order valence-corrected chi connectivity index (χ4v) is 4.59. The third-order valence-electron chi connectivity index (χ3n) is 5.18. The van der Waals surface area contributed by atoms with E-state index in [9.17, 15) is 4.79 Å². The predicted molar refractivity (Wildman–Crippen MR) is 120 cm³/mol. The summed E-state index contributed by atoms with van der Waals surface area (Å²) in [6.07, 6.45) is 6.49. The third-order valence-corrected chi connectivity index (χ3v) is 6.13. The molecule has 4 heterocycles. The number of aromatic amines is 1. The Morgan fingerprint density at radius 3 is 2.87 bits per heavy atom. The van der Waals surface area contributed by atoms with E-state index in [-0.39, 0.29) is 12.0 Å². The standard InChI is InChI=1S/C21H23N7O2S/c1-12(2)30-16-9-14-13(10-24-27-14)8-15(16)25-18-17-19(23-11-22-18)31-20(26-17)21(29)28-6-4-3-5-7-28/h8-12H,3-7H2,1-2H3,(H,24,27)(H,22,23,25). The Bertz CT molecular complexity index is 1240. The van der Waals surface area contributed by atoms with Gasteiger partial charge in [0.2, 0.25) is 0 Å². The van der Waals surface area contributed by atoms with Crippen LogP contribution < -0.4 is 10.1 Å². The van der Waals surface area contributed by atoms with Crippen LogP contribution in [-0.2, 0) is 0 Å². The normalized spacial score (nSPS) is 14.5. The maximum atomic E-state index is 12.9. The summed E-state index contributed by atoms with van der Waals surface area (Å²) in [7, 11) is 0. The van der Waals surface area contributed by atoms with Crippen molar-refractivity contribution >= 4 is 50.0 Å². The van der Waals surface area contributed by atoms with Crippen LogP contribution in [0.3, 0.4) is 0 Å². The van der Waals surface area contributed by atoms with Crippen molar-refractivity contribution in [3.8, 4) is 5.75 Å². The van der Waals surface area contributed by atoms with Gasteiger partial charge in [-0.05, 0) is 39.2 Å². The number of nitrogens with zero attached hydrogens (tertiary/aromatic N) is 5. The minimum atomic E-state index is -0.0303. The average molecular weight is 438 g/mol. The van der Waals surface area contributed by atoms with Crippen LogP contribution in [0.25, 0.3) is 21.3 Å². The number of benzene rings is 1. The Labute approximate surface area is 182 Å². The van der Waals surface area contributed by atoms with Crippen LogP contribution >= 0.6 is 11.3 Å². The van der Waals surface area contributed by atoms with E-state index in [1.165, 1.54) is 24.1 Å². The molecule has 160 valence electrons. The van der Waals surface area contributed by atoms with Gasteiger partial charge >= 0.3 is 0 Å². The predicted octanol–water partition coefficient (Wildman–Crippen LogP) is 4.12. The lowest BCUT2D eigenvalue weighted by molar-refractivity contribution is 0.0724. The topological polar surface area (TPSA) is 109 Å². The molecule has 3 aromatic heterocycles. The molecule has 0 radical (unpaired) electrons. The summed E-state index contributed by atoms with van der Waals surface area (Å²) in [5, 5.41) is 11.8. The molecule has 0 atom stereocenters. The number of nitrogens with one attached hydrogen (secondary N) is 2. The van der Waals surface area contributed by atoms with Crippen molar-refractivity contribution in [1.29, 1.82) is 0 Å². The number of piperidine rings is 1. The van der Waals surface area contributed by atoms with Crippen molar-refractivity contribution in [2.45, 2.75) is 39.2 Å².